The maximum atomic E-state index is 5.41. The lowest BCUT2D eigenvalue weighted by atomic mass is 10.2. The van der Waals surface area contributed by atoms with E-state index in [4.69, 9.17) is 9.72 Å². The second kappa shape index (κ2) is 5.81. The Morgan fingerprint density at radius 3 is 2.67 bits per heavy atom. The number of benzene rings is 2. The van der Waals surface area contributed by atoms with Crippen LogP contribution in [0.25, 0.3) is 16.7 Å². The number of methoxy groups -OCH3 is 1. The number of anilines is 2. The number of nitrogens with one attached hydrogen (secondary N) is 1. The Bertz CT molecular complexity index is 1020. The number of para-hydroxylation sites is 4. The van der Waals surface area contributed by atoms with Crippen molar-refractivity contribution in [1.82, 2.24) is 19.6 Å². The number of nitrogens with zero attached hydrogens (tertiary/aromatic N) is 4. The zero-order chi connectivity index (χ0) is 16.5. The van der Waals surface area contributed by atoms with Gasteiger partial charge in [0.25, 0.3) is 0 Å². The third-order valence-corrected chi connectivity index (χ3v) is 3.97. The third kappa shape index (κ3) is 2.23. The Hall–Kier alpha value is -3.15. The zero-order valence-electron chi connectivity index (χ0n) is 13.5. The van der Waals surface area contributed by atoms with Crippen LogP contribution in [0.4, 0.5) is 11.5 Å². The average Bonchev–Trinajstić information content (AvgIpc) is 3.07. The predicted octanol–water partition coefficient (Wildman–Crippen LogP) is 3.59. The zero-order valence-corrected chi connectivity index (χ0v) is 13.5. The maximum absolute atomic E-state index is 5.41. The lowest BCUT2D eigenvalue weighted by Gasteiger charge is -2.12. The van der Waals surface area contributed by atoms with Crippen molar-refractivity contribution in [1.29, 1.82) is 0 Å². The van der Waals surface area contributed by atoms with E-state index in [1.807, 2.05) is 48.5 Å². The van der Waals surface area contributed by atoms with Gasteiger partial charge in [0.2, 0.25) is 5.65 Å². The largest absolute Gasteiger partial charge is 0.495 e. The molecule has 0 radical (unpaired) electrons. The Labute approximate surface area is 139 Å². The highest BCUT2D eigenvalue weighted by Gasteiger charge is 2.15. The molecule has 4 rings (SSSR count). The fraction of sp³-hybridized carbons (Fsp3) is 0.167. The van der Waals surface area contributed by atoms with Gasteiger partial charge in [0.1, 0.15) is 11.6 Å². The van der Waals surface area contributed by atoms with Crippen LogP contribution < -0.4 is 10.1 Å². The summed E-state index contributed by atoms with van der Waals surface area (Å²) in [5, 5.41) is 12.0. The molecular weight excluding hydrogens is 302 g/mol. The van der Waals surface area contributed by atoms with E-state index in [0.717, 1.165) is 34.7 Å². The minimum Gasteiger partial charge on any atom is -0.495 e. The van der Waals surface area contributed by atoms with Crippen molar-refractivity contribution in [2.45, 2.75) is 13.3 Å². The van der Waals surface area contributed by atoms with Gasteiger partial charge < -0.3 is 10.1 Å². The Morgan fingerprint density at radius 1 is 1.04 bits per heavy atom. The molecule has 1 N–H and O–H groups in total. The molecule has 0 unspecified atom stereocenters. The Morgan fingerprint density at radius 2 is 1.83 bits per heavy atom. The van der Waals surface area contributed by atoms with E-state index in [1.54, 1.807) is 7.11 Å². The molecule has 0 atom stereocenters. The number of ether oxygens (including phenoxy) is 1. The van der Waals surface area contributed by atoms with E-state index in [2.05, 4.69) is 26.8 Å². The number of aryl methyl sites for hydroxylation is 1. The van der Waals surface area contributed by atoms with Gasteiger partial charge in [-0.15, -0.1) is 10.2 Å². The van der Waals surface area contributed by atoms with Gasteiger partial charge in [-0.3, -0.25) is 4.40 Å². The van der Waals surface area contributed by atoms with E-state index < -0.39 is 0 Å². The summed E-state index contributed by atoms with van der Waals surface area (Å²) in [7, 11) is 1.65. The lowest BCUT2D eigenvalue weighted by Crippen LogP contribution is -2.03. The second-order valence-electron chi connectivity index (χ2n) is 5.40. The van der Waals surface area contributed by atoms with Gasteiger partial charge in [-0.2, -0.15) is 0 Å². The molecule has 0 aliphatic rings. The fourth-order valence-electron chi connectivity index (χ4n) is 2.83. The molecule has 120 valence electrons. The lowest BCUT2D eigenvalue weighted by molar-refractivity contribution is 0.417. The molecule has 2 heterocycles. The van der Waals surface area contributed by atoms with Crippen molar-refractivity contribution in [3.8, 4) is 5.75 Å². The van der Waals surface area contributed by atoms with Gasteiger partial charge in [0.15, 0.2) is 5.82 Å². The molecule has 2 aromatic heterocycles. The molecule has 0 aliphatic carbocycles. The van der Waals surface area contributed by atoms with Crippen molar-refractivity contribution in [2.75, 3.05) is 12.4 Å². The molecule has 0 aliphatic heterocycles. The van der Waals surface area contributed by atoms with Crippen molar-refractivity contribution >= 4 is 28.2 Å². The SMILES string of the molecule is CCc1nnc2c(Nc3ccccc3OC)nc3ccccc3n12. The van der Waals surface area contributed by atoms with Gasteiger partial charge in [-0.05, 0) is 24.3 Å². The van der Waals surface area contributed by atoms with Crippen LogP contribution in [0.1, 0.15) is 12.7 Å². The van der Waals surface area contributed by atoms with Crippen LogP contribution in [0.5, 0.6) is 5.75 Å². The molecule has 0 saturated heterocycles. The van der Waals surface area contributed by atoms with Crippen LogP contribution in [-0.2, 0) is 6.42 Å². The van der Waals surface area contributed by atoms with E-state index >= 15 is 0 Å². The van der Waals surface area contributed by atoms with E-state index in [1.165, 1.54) is 0 Å². The van der Waals surface area contributed by atoms with Crippen LogP contribution in [0.3, 0.4) is 0 Å². The standard InChI is InChI=1S/C18H17N5O/c1-3-16-21-22-18-17(20-13-9-5-7-11-15(13)24-2)19-12-8-4-6-10-14(12)23(16)18/h4-11H,3H2,1-2H3,(H,19,20). The van der Waals surface area contributed by atoms with Gasteiger partial charge in [-0.25, -0.2) is 4.98 Å². The number of rotatable bonds is 4. The number of fused-ring (bicyclic) bond motifs is 3. The summed E-state index contributed by atoms with van der Waals surface area (Å²) >= 11 is 0. The first-order valence-corrected chi connectivity index (χ1v) is 7.84. The first kappa shape index (κ1) is 14.4. The molecule has 4 aromatic rings. The highest BCUT2D eigenvalue weighted by atomic mass is 16.5. The summed E-state index contributed by atoms with van der Waals surface area (Å²) in [6.07, 6.45) is 0.795. The normalized spacial score (nSPS) is 11.1. The minimum absolute atomic E-state index is 0.658. The fourth-order valence-corrected chi connectivity index (χ4v) is 2.83. The number of hydrogen-bond donors (Lipinski definition) is 1. The predicted molar refractivity (Wildman–Crippen MR) is 93.9 cm³/mol. The highest BCUT2D eigenvalue weighted by Crippen LogP contribution is 2.29. The first-order valence-electron chi connectivity index (χ1n) is 7.84. The minimum atomic E-state index is 0.658. The van der Waals surface area contributed by atoms with Crippen molar-refractivity contribution in [2.24, 2.45) is 0 Å². The first-order chi connectivity index (χ1) is 11.8. The van der Waals surface area contributed by atoms with Crippen LogP contribution in [0.15, 0.2) is 48.5 Å². The molecule has 0 spiro atoms. The average molecular weight is 319 g/mol. The maximum Gasteiger partial charge on any atom is 0.204 e. The van der Waals surface area contributed by atoms with Crippen molar-refractivity contribution in [3.63, 3.8) is 0 Å². The Balaban J connectivity index is 1.96. The molecule has 6 heteroatoms. The van der Waals surface area contributed by atoms with Gasteiger partial charge in [0.05, 0.1) is 23.8 Å². The molecular formula is C18H17N5O. The van der Waals surface area contributed by atoms with E-state index in [9.17, 15) is 0 Å². The topological polar surface area (TPSA) is 64.3 Å². The molecule has 0 amide bonds. The quantitative estimate of drug-likeness (QED) is 0.623. The summed E-state index contributed by atoms with van der Waals surface area (Å²) in [4.78, 5) is 4.73. The molecule has 0 bridgehead atoms. The summed E-state index contributed by atoms with van der Waals surface area (Å²) in [5.41, 5.74) is 3.43. The summed E-state index contributed by atoms with van der Waals surface area (Å²) in [6, 6.07) is 15.7. The molecule has 24 heavy (non-hydrogen) atoms. The van der Waals surface area contributed by atoms with Crippen LogP contribution in [-0.4, -0.2) is 26.7 Å². The number of aromatic nitrogens is 4. The van der Waals surface area contributed by atoms with Crippen molar-refractivity contribution < 1.29 is 4.74 Å². The smallest absolute Gasteiger partial charge is 0.204 e. The molecule has 0 fully saturated rings. The van der Waals surface area contributed by atoms with Gasteiger partial charge in [-0.1, -0.05) is 31.2 Å². The molecule has 6 nitrogen and oxygen atoms in total. The molecule has 2 aromatic carbocycles. The highest BCUT2D eigenvalue weighted by molar-refractivity contribution is 5.85. The summed E-state index contributed by atoms with van der Waals surface area (Å²) in [5.74, 6) is 2.32. The Kier molecular flexibility index (Phi) is 3.49. The van der Waals surface area contributed by atoms with Gasteiger partial charge >= 0.3 is 0 Å². The van der Waals surface area contributed by atoms with Gasteiger partial charge in [0, 0.05) is 6.42 Å². The second-order valence-corrected chi connectivity index (χ2v) is 5.40. The molecule has 0 saturated carbocycles. The van der Waals surface area contributed by atoms with E-state index in [-0.39, 0.29) is 0 Å². The monoisotopic (exact) mass is 319 g/mol. The summed E-state index contributed by atoms with van der Waals surface area (Å²) < 4.78 is 7.47. The summed E-state index contributed by atoms with van der Waals surface area (Å²) in [6.45, 7) is 2.07. The van der Waals surface area contributed by atoms with E-state index in [0.29, 0.717) is 11.5 Å². The van der Waals surface area contributed by atoms with Crippen LogP contribution >= 0.6 is 0 Å². The van der Waals surface area contributed by atoms with Crippen LogP contribution in [0, 0.1) is 0 Å². The van der Waals surface area contributed by atoms with Crippen molar-refractivity contribution in [3.05, 3.63) is 54.4 Å². The third-order valence-electron chi connectivity index (χ3n) is 3.97. The van der Waals surface area contributed by atoms with Crippen LogP contribution in [0.2, 0.25) is 0 Å². The number of hydrogen-bond acceptors (Lipinski definition) is 5.